The van der Waals surface area contributed by atoms with Crippen LogP contribution in [0.2, 0.25) is 0 Å². The minimum Gasteiger partial charge on any atom is -0.326 e. The summed E-state index contributed by atoms with van der Waals surface area (Å²) < 4.78 is 19.0. The summed E-state index contributed by atoms with van der Waals surface area (Å²) in [5.74, 6) is 0.198. The van der Waals surface area contributed by atoms with Crippen LogP contribution in [0.4, 0.5) is 4.39 Å². The van der Waals surface area contributed by atoms with Crippen LogP contribution in [0.5, 0.6) is 0 Å². The first kappa shape index (κ1) is 16.5. The number of benzene rings is 2. The third-order valence-corrected chi connectivity index (χ3v) is 5.52. The first-order valence-corrected chi connectivity index (χ1v) is 8.88. The van der Waals surface area contributed by atoms with Crippen LogP contribution in [0.15, 0.2) is 42.5 Å². The second-order valence-corrected chi connectivity index (χ2v) is 7.41. The molecule has 0 heterocycles. The van der Waals surface area contributed by atoms with Crippen LogP contribution >= 0.6 is 0 Å². The Kier molecular flexibility index (Phi) is 5.36. The van der Waals surface area contributed by atoms with Gasteiger partial charge in [-0.1, -0.05) is 30.3 Å². The first-order valence-electron chi connectivity index (χ1n) is 7.99. The van der Waals surface area contributed by atoms with E-state index in [9.17, 15) is 4.39 Å². The van der Waals surface area contributed by atoms with Gasteiger partial charge in [-0.2, -0.15) is 4.18 Å². The van der Waals surface area contributed by atoms with Gasteiger partial charge in [-0.3, -0.25) is 0 Å². The number of fused-ring (bicyclic) bond motifs is 2. The van der Waals surface area contributed by atoms with Gasteiger partial charge in [0, 0.05) is 13.0 Å². The predicted octanol–water partition coefficient (Wildman–Crippen LogP) is 3.15. The number of rotatable bonds is 5. The Hall–Kier alpha value is -1.36. The van der Waals surface area contributed by atoms with E-state index >= 15 is 0 Å². The summed E-state index contributed by atoms with van der Waals surface area (Å²) in [6.07, 6.45) is 2.69. The van der Waals surface area contributed by atoms with E-state index in [0.717, 1.165) is 36.9 Å². The summed E-state index contributed by atoms with van der Waals surface area (Å²) >= 11 is 0.927. The van der Waals surface area contributed by atoms with Crippen LogP contribution in [0.3, 0.4) is 0 Å². The van der Waals surface area contributed by atoms with Crippen molar-refractivity contribution in [3.8, 4) is 0 Å². The fourth-order valence-corrected chi connectivity index (χ4v) is 4.23. The van der Waals surface area contributed by atoms with Gasteiger partial charge in [0.25, 0.3) is 0 Å². The Morgan fingerprint density at radius 1 is 1.22 bits per heavy atom. The quantitative estimate of drug-likeness (QED) is 0.674. The number of hydrogen-bond acceptors (Lipinski definition) is 2. The normalized spacial score (nSPS) is 18.0. The van der Waals surface area contributed by atoms with Crippen LogP contribution in [0.25, 0.3) is 0 Å². The van der Waals surface area contributed by atoms with Gasteiger partial charge in [0.05, 0.1) is 7.11 Å². The van der Waals surface area contributed by atoms with Crippen molar-refractivity contribution in [1.29, 1.82) is 0 Å². The van der Waals surface area contributed by atoms with Crippen LogP contribution in [0, 0.1) is 5.82 Å². The first-order chi connectivity index (χ1) is 11.2. The van der Waals surface area contributed by atoms with E-state index in [-0.39, 0.29) is 5.82 Å². The Bertz CT molecular complexity index is 676. The zero-order chi connectivity index (χ0) is 16.2. The Morgan fingerprint density at radius 2 is 2.04 bits per heavy atom. The number of thiol groups is 1. The lowest BCUT2D eigenvalue weighted by Crippen LogP contribution is -2.25. The van der Waals surface area contributed by atoms with Gasteiger partial charge in [-0.25, -0.2) is 4.39 Å². The highest BCUT2D eigenvalue weighted by atomic mass is 32.2. The highest BCUT2D eigenvalue weighted by molar-refractivity contribution is 7.74. The van der Waals surface area contributed by atoms with Crippen molar-refractivity contribution in [1.82, 2.24) is 0 Å². The highest BCUT2D eigenvalue weighted by Crippen LogP contribution is 2.35. The van der Waals surface area contributed by atoms with Gasteiger partial charge in [0.15, 0.2) is 5.25 Å². The molecular formula is C19H23FNOS+. The molecule has 2 nitrogen and oxygen atoms in total. The molecule has 2 N–H and O–H groups in total. The van der Waals surface area contributed by atoms with E-state index in [1.54, 1.807) is 19.2 Å². The molecule has 0 saturated heterocycles. The molecule has 0 aromatic heterocycles. The zero-order valence-corrected chi connectivity index (χ0v) is 14.2. The third-order valence-electron chi connectivity index (χ3n) is 4.59. The van der Waals surface area contributed by atoms with Crippen molar-refractivity contribution >= 4 is 12.0 Å². The number of hydrogen-bond donors (Lipinski definition) is 1. The smallest absolute Gasteiger partial charge is 0.161 e. The van der Waals surface area contributed by atoms with E-state index in [1.807, 2.05) is 6.07 Å². The molecule has 1 aliphatic carbocycles. The maximum absolute atomic E-state index is 13.7. The molecule has 122 valence electrons. The molecule has 0 saturated carbocycles. The summed E-state index contributed by atoms with van der Waals surface area (Å²) in [6.45, 7) is 0.601. The van der Waals surface area contributed by atoms with Gasteiger partial charge in [-0.15, -0.1) is 0 Å². The average Bonchev–Trinajstić information content (AvgIpc) is 2.71. The van der Waals surface area contributed by atoms with Crippen molar-refractivity contribution in [2.75, 3.05) is 13.7 Å². The largest absolute Gasteiger partial charge is 0.326 e. The van der Waals surface area contributed by atoms with Gasteiger partial charge in [0.2, 0.25) is 0 Å². The summed E-state index contributed by atoms with van der Waals surface area (Å²) in [6, 6.07) is 13.8. The molecule has 3 rings (SSSR count). The fourth-order valence-electron chi connectivity index (χ4n) is 3.50. The van der Waals surface area contributed by atoms with E-state index < -0.39 is 0 Å². The molecule has 0 unspecified atom stereocenters. The molecule has 4 heteroatoms. The standard InChI is InChI=1S/C19H22FNOS/c1-22-23-18(12-21)11-16-9-15-10-17(20)7-6-13(15)8-14-4-2-3-5-19(14)16/h2-7,10,16,18H,8-9,11-12,21H2,1H3/p+1/t16-,18+/m1/s1. The molecule has 2 aromatic rings. The summed E-state index contributed by atoms with van der Waals surface area (Å²) in [4.78, 5) is 0. The fraction of sp³-hybridized carbons (Fsp3) is 0.368. The van der Waals surface area contributed by atoms with Crippen molar-refractivity contribution < 1.29 is 8.57 Å². The second kappa shape index (κ2) is 7.47. The predicted molar refractivity (Wildman–Crippen MR) is 95.3 cm³/mol. The summed E-state index contributed by atoms with van der Waals surface area (Å²) in [7, 11) is 1.70. The molecular weight excluding hydrogens is 309 g/mol. The Labute approximate surface area is 141 Å². The Morgan fingerprint density at radius 3 is 2.83 bits per heavy atom. The van der Waals surface area contributed by atoms with Crippen LogP contribution < -0.4 is 5.73 Å². The molecule has 0 fully saturated rings. The molecule has 0 radical (unpaired) electrons. The van der Waals surface area contributed by atoms with E-state index in [0.29, 0.717) is 17.7 Å². The van der Waals surface area contributed by atoms with E-state index in [4.69, 9.17) is 9.92 Å². The minimum atomic E-state index is -0.154. The molecule has 0 amide bonds. The van der Waals surface area contributed by atoms with Crippen molar-refractivity contribution in [3.63, 3.8) is 0 Å². The molecule has 0 spiro atoms. The monoisotopic (exact) mass is 332 g/mol. The van der Waals surface area contributed by atoms with Gasteiger partial charge >= 0.3 is 0 Å². The topological polar surface area (TPSA) is 35.2 Å². The second-order valence-electron chi connectivity index (χ2n) is 6.10. The SMILES string of the molecule is CO[SH+][C@H](CN)C[C@H]1Cc2cc(F)ccc2Cc2ccccc21. The molecule has 0 bridgehead atoms. The summed E-state index contributed by atoms with van der Waals surface area (Å²) in [5, 5.41) is 0.299. The molecule has 23 heavy (non-hydrogen) atoms. The van der Waals surface area contributed by atoms with Gasteiger partial charge < -0.3 is 5.73 Å². The highest BCUT2D eigenvalue weighted by Gasteiger charge is 2.27. The van der Waals surface area contributed by atoms with Crippen molar-refractivity contribution in [2.45, 2.75) is 30.4 Å². The van der Waals surface area contributed by atoms with Crippen LogP contribution in [0.1, 0.15) is 34.6 Å². The molecule has 1 aliphatic rings. The van der Waals surface area contributed by atoms with E-state index in [1.165, 1.54) is 16.7 Å². The third kappa shape index (κ3) is 3.77. The molecule has 0 aliphatic heterocycles. The lowest BCUT2D eigenvalue weighted by Gasteiger charge is -2.19. The van der Waals surface area contributed by atoms with Crippen LogP contribution in [-0.2, 0) is 29.1 Å². The lowest BCUT2D eigenvalue weighted by atomic mass is 9.87. The van der Waals surface area contributed by atoms with E-state index in [2.05, 4.69) is 24.3 Å². The molecule has 2 atom stereocenters. The zero-order valence-electron chi connectivity index (χ0n) is 13.3. The van der Waals surface area contributed by atoms with Gasteiger partial charge in [0.1, 0.15) is 17.9 Å². The van der Waals surface area contributed by atoms with Crippen molar-refractivity contribution in [2.24, 2.45) is 5.73 Å². The maximum Gasteiger partial charge on any atom is 0.161 e. The maximum atomic E-state index is 13.7. The van der Waals surface area contributed by atoms with Crippen LogP contribution in [-0.4, -0.2) is 18.9 Å². The minimum absolute atomic E-state index is 0.154. The number of halogens is 1. The van der Waals surface area contributed by atoms with Crippen molar-refractivity contribution in [3.05, 3.63) is 70.5 Å². The lowest BCUT2D eigenvalue weighted by molar-refractivity contribution is 0.470. The summed E-state index contributed by atoms with van der Waals surface area (Å²) in [5.41, 5.74) is 11.0. The average molecular weight is 332 g/mol. The number of nitrogens with two attached hydrogens (primary N) is 1. The Balaban J connectivity index is 1.96. The molecule has 2 aromatic carbocycles. The van der Waals surface area contributed by atoms with Gasteiger partial charge in [-0.05, 0) is 53.1 Å².